The molecule has 5 heterocycles. The van der Waals surface area contributed by atoms with E-state index in [9.17, 15) is 21.0 Å². The summed E-state index contributed by atoms with van der Waals surface area (Å²) >= 11 is 0. The van der Waals surface area contributed by atoms with Crippen LogP contribution in [-0.4, -0.2) is 18.8 Å². The molecule has 0 aliphatic heterocycles. The normalized spacial score (nSPS) is 11.9. The van der Waals surface area contributed by atoms with Gasteiger partial charge in [0.2, 0.25) is 0 Å². The maximum absolute atomic E-state index is 10.4. The molecule has 0 N–H and O–H groups in total. The van der Waals surface area contributed by atoms with Crippen molar-refractivity contribution in [1.82, 2.24) is 18.8 Å². The van der Waals surface area contributed by atoms with Crippen LogP contribution in [0.4, 0.5) is 0 Å². The summed E-state index contributed by atoms with van der Waals surface area (Å²) < 4.78 is 4.51. The first-order valence-electron chi connectivity index (χ1n) is 18.0. The molecule has 56 heavy (non-hydrogen) atoms. The number of nitriles is 4. The van der Waals surface area contributed by atoms with Gasteiger partial charge in [0, 0.05) is 54.2 Å². The highest BCUT2D eigenvalue weighted by molar-refractivity contribution is 6.40. The van der Waals surface area contributed by atoms with Gasteiger partial charge in [0.1, 0.15) is 11.0 Å². The minimum Gasteiger partial charge on any atom is -0.306 e. The van der Waals surface area contributed by atoms with Crippen LogP contribution in [0.15, 0.2) is 121 Å². The van der Waals surface area contributed by atoms with Crippen LogP contribution in [-0.2, 0) is 0 Å². The van der Waals surface area contributed by atoms with Gasteiger partial charge in [-0.3, -0.25) is 0 Å². The van der Waals surface area contributed by atoms with Gasteiger partial charge in [-0.25, -0.2) is 9.97 Å². The summed E-state index contributed by atoms with van der Waals surface area (Å²) in [6, 6.07) is 48.6. The van der Waals surface area contributed by atoms with Crippen molar-refractivity contribution in [3.8, 4) is 46.8 Å². The highest BCUT2D eigenvalue weighted by Crippen LogP contribution is 2.50. The highest BCUT2D eigenvalue weighted by atomic mass is 15.0. The Labute approximate surface area is 316 Å². The molecule has 0 bridgehead atoms. The minimum atomic E-state index is 0.493. The molecule has 7 aromatic carbocycles. The van der Waals surface area contributed by atoms with Crippen molar-refractivity contribution in [1.29, 1.82) is 21.0 Å². The molecule has 0 radical (unpaired) electrons. The van der Waals surface area contributed by atoms with Gasteiger partial charge < -0.3 is 8.80 Å². The molecular formula is C48H20N8. The number of fused-ring (bicyclic) bond motifs is 16. The molecule has 8 nitrogen and oxygen atoms in total. The van der Waals surface area contributed by atoms with Gasteiger partial charge in [-0.15, -0.1) is 0 Å². The summed E-state index contributed by atoms with van der Waals surface area (Å²) in [6.45, 7) is 0. The fourth-order valence-corrected chi connectivity index (χ4v) is 9.19. The van der Waals surface area contributed by atoms with Crippen LogP contribution in [0.2, 0.25) is 0 Å². The maximum atomic E-state index is 10.4. The average molecular weight is 709 g/mol. The van der Waals surface area contributed by atoms with Gasteiger partial charge in [-0.2, -0.15) is 21.0 Å². The number of rotatable bonds is 2. The van der Waals surface area contributed by atoms with E-state index in [0.29, 0.717) is 33.3 Å². The summed E-state index contributed by atoms with van der Waals surface area (Å²) in [6.07, 6.45) is 0. The molecule has 12 rings (SSSR count). The Morgan fingerprint density at radius 1 is 0.375 bits per heavy atom. The molecule has 8 heteroatoms. The van der Waals surface area contributed by atoms with Crippen molar-refractivity contribution in [2.45, 2.75) is 0 Å². The third-order valence-electron chi connectivity index (χ3n) is 11.4. The van der Waals surface area contributed by atoms with E-state index >= 15 is 0 Å². The first-order valence-corrected chi connectivity index (χ1v) is 18.0. The Balaban J connectivity index is 1.46. The molecule has 0 saturated heterocycles. The van der Waals surface area contributed by atoms with Crippen molar-refractivity contribution in [3.63, 3.8) is 0 Å². The fraction of sp³-hybridized carbons (Fsp3) is 0. The van der Waals surface area contributed by atoms with Gasteiger partial charge in [0.05, 0.1) is 91.0 Å². The Morgan fingerprint density at radius 3 is 1.14 bits per heavy atom. The zero-order valence-electron chi connectivity index (χ0n) is 29.1. The van der Waals surface area contributed by atoms with Crippen LogP contribution >= 0.6 is 0 Å². The van der Waals surface area contributed by atoms with Gasteiger partial charge in [0.25, 0.3) is 0 Å². The van der Waals surface area contributed by atoms with E-state index in [1.54, 1.807) is 0 Å². The van der Waals surface area contributed by atoms with Crippen LogP contribution in [0, 0.1) is 45.3 Å². The molecule has 0 amide bonds. The second-order valence-corrected chi connectivity index (χ2v) is 14.2. The molecule has 252 valence electrons. The largest absolute Gasteiger partial charge is 0.306 e. The number of aromatic nitrogens is 4. The van der Waals surface area contributed by atoms with E-state index < -0.39 is 0 Å². The molecular weight excluding hydrogens is 689 g/mol. The number of nitrogens with zero attached hydrogens (tertiary/aromatic N) is 8. The summed E-state index contributed by atoms with van der Waals surface area (Å²) in [4.78, 5) is 11.2. The summed E-state index contributed by atoms with van der Waals surface area (Å²) in [5.74, 6) is 0. The summed E-state index contributed by atoms with van der Waals surface area (Å²) in [7, 11) is 0. The van der Waals surface area contributed by atoms with Crippen LogP contribution < -0.4 is 0 Å². The van der Waals surface area contributed by atoms with Crippen molar-refractivity contribution in [3.05, 3.63) is 144 Å². The molecule has 5 aromatic heterocycles. The van der Waals surface area contributed by atoms with Crippen molar-refractivity contribution in [2.75, 3.05) is 0 Å². The quantitative estimate of drug-likeness (QED) is 0.176. The van der Waals surface area contributed by atoms with E-state index in [2.05, 4.69) is 33.1 Å². The Morgan fingerprint density at radius 2 is 0.750 bits per heavy atom. The van der Waals surface area contributed by atoms with E-state index in [4.69, 9.17) is 9.97 Å². The van der Waals surface area contributed by atoms with E-state index in [1.807, 2.05) is 121 Å². The summed E-state index contributed by atoms with van der Waals surface area (Å²) in [5, 5.41) is 47.6. The number of benzene rings is 7. The highest BCUT2D eigenvalue weighted by Gasteiger charge is 2.30. The topological polar surface area (TPSA) is 130 Å². The Bertz CT molecular complexity index is 3650. The van der Waals surface area contributed by atoms with Crippen molar-refractivity contribution >= 4 is 87.2 Å². The van der Waals surface area contributed by atoms with Gasteiger partial charge >= 0.3 is 0 Å². The first-order chi connectivity index (χ1) is 27.6. The van der Waals surface area contributed by atoms with Crippen molar-refractivity contribution in [2.24, 2.45) is 0 Å². The molecule has 0 spiro atoms. The maximum Gasteiger partial charge on any atom is 0.100 e. The Kier molecular flexibility index (Phi) is 5.63. The lowest BCUT2D eigenvalue weighted by Crippen LogP contribution is -1.98. The van der Waals surface area contributed by atoms with E-state index in [-0.39, 0.29) is 0 Å². The van der Waals surface area contributed by atoms with Crippen LogP contribution in [0.1, 0.15) is 22.3 Å². The lowest BCUT2D eigenvalue weighted by atomic mass is 9.98. The van der Waals surface area contributed by atoms with Crippen LogP contribution in [0.3, 0.4) is 0 Å². The SMILES string of the molecule is N#Cc1ccc2c(c1)c1cc(C#N)cc3c4c5nc(-c6ccccc6)c(-c6ccccc6)nc5c5c6cc(C#N)cc7c8cc(C#N)ccc8n(c76)c5c4n2c13. The molecule has 0 aliphatic carbocycles. The molecule has 0 aliphatic rings. The van der Waals surface area contributed by atoms with E-state index in [0.717, 1.165) is 98.7 Å². The third-order valence-corrected chi connectivity index (χ3v) is 11.4. The minimum absolute atomic E-state index is 0.493. The average Bonchev–Trinajstić information content (AvgIpc) is 3.99. The van der Waals surface area contributed by atoms with E-state index in [1.165, 1.54) is 0 Å². The van der Waals surface area contributed by atoms with Gasteiger partial charge in [0.15, 0.2) is 0 Å². The molecule has 0 unspecified atom stereocenters. The summed E-state index contributed by atoms with van der Waals surface area (Å²) in [5.41, 5.74) is 12.0. The standard InChI is InChI=1S/C48H20N8/c49-21-25-11-13-37-31(15-25)33-17-27(23-51)19-35-39-43-44(54-42(30-9-5-2-6-10-30)41(53-43)29-7-3-1-4-8-29)40-36-20-28(24-52)18-34-32-16-26(22-50)12-14-38(32)56(46(34)36)48(40)47(39)55(37)45(33)35/h1-20H. The number of hydrogen-bond donors (Lipinski definition) is 0. The molecule has 0 fully saturated rings. The molecule has 0 saturated carbocycles. The van der Waals surface area contributed by atoms with Crippen molar-refractivity contribution < 1.29 is 0 Å². The second-order valence-electron chi connectivity index (χ2n) is 14.2. The van der Waals surface area contributed by atoms with Crippen LogP contribution in [0.5, 0.6) is 0 Å². The Hall–Kier alpha value is -8.56. The van der Waals surface area contributed by atoms with Crippen LogP contribution in [0.25, 0.3) is 110 Å². The predicted molar refractivity (Wildman–Crippen MR) is 219 cm³/mol. The zero-order valence-corrected chi connectivity index (χ0v) is 29.1. The monoisotopic (exact) mass is 708 g/mol. The third kappa shape index (κ3) is 3.62. The smallest absolute Gasteiger partial charge is 0.100 e. The zero-order chi connectivity index (χ0) is 37.4. The first kappa shape index (κ1) is 30.0. The predicted octanol–water partition coefficient (Wildman–Crippen LogP) is 10.8. The second kappa shape index (κ2) is 10.5. The molecule has 0 atom stereocenters. The lowest BCUT2D eigenvalue weighted by molar-refractivity contribution is 1.30. The van der Waals surface area contributed by atoms with Gasteiger partial charge in [-0.05, 0) is 60.7 Å². The lowest BCUT2D eigenvalue weighted by Gasteiger charge is -2.13. The number of hydrogen-bond acceptors (Lipinski definition) is 6. The molecule has 12 aromatic rings. The fourth-order valence-electron chi connectivity index (χ4n) is 9.19. The van der Waals surface area contributed by atoms with Gasteiger partial charge in [-0.1, -0.05) is 60.7 Å².